The van der Waals surface area contributed by atoms with Crippen molar-refractivity contribution in [3.8, 4) is 22.9 Å². The van der Waals surface area contributed by atoms with Crippen molar-refractivity contribution in [2.45, 2.75) is 19.1 Å². The molecule has 0 bridgehead atoms. The summed E-state index contributed by atoms with van der Waals surface area (Å²) in [6.07, 6.45) is 0. The summed E-state index contributed by atoms with van der Waals surface area (Å²) in [6, 6.07) is 20.3. The third-order valence-electron chi connectivity index (χ3n) is 3.59. The number of nitrogens with one attached hydrogen (secondary N) is 1. The molecule has 0 saturated carbocycles. The Morgan fingerprint density at radius 3 is 2.15 bits per heavy atom. The predicted octanol–water partition coefficient (Wildman–Crippen LogP) is 4.09. The molecule has 26 heavy (non-hydrogen) atoms. The summed E-state index contributed by atoms with van der Waals surface area (Å²) in [5.41, 5.74) is 1.39. The van der Waals surface area contributed by atoms with Gasteiger partial charge in [-0.2, -0.15) is 4.98 Å². The minimum atomic E-state index is -3.57. The summed E-state index contributed by atoms with van der Waals surface area (Å²) in [5, 5.41) is -0.607. The van der Waals surface area contributed by atoms with Crippen LogP contribution in [0.2, 0.25) is 0 Å². The van der Waals surface area contributed by atoms with Crippen LogP contribution in [0.3, 0.4) is 0 Å². The second-order valence-corrected chi connectivity index (χ2v) is 8.13. The molecule has 3 rings (SSSR count). The second kappa shape index (κ2) is 7.53. The van der Waals surface area contributed by atoms with E-state index in [9.17, 15) is 8.42 Å². The molecule has 1 heterocycles. The monoisotopic (exact) mass is 369 g/mol. The lowest BCUT2D eigenvalue weighted by Crippen LogP contribution is -2.23. The van der Waals surface area contributed by atoms with E-state index in [1.54, 1.807) is 32.0 Å². The molecule has 134 valence electrons. The Hall–Kier alpha value is -2.93. The number of para-hydroxylation sites is 1. The molecule has 0 radical (unpaired) electrons. The lowest BCUT2D eigenvalue weighted by atomic mass is 10.1. The van der Waals surface area contributed by atoms with E-state index in [1.165, 1.54) is 0 Å². The highest BCUT2D eigenvalue weighted by atomic mass is 32.2. The van der Waals surface area contributed by atoms with Crippen molar-refractivity contribution in [3.63, 3.8) is 0 Å². The summed E-state index contributed by atoms with van der Waals surface area (Å²) in [5.74, 6) is 0.834. The molecule has 1 N–H and O–H groups in total. The average Bonchev–Trinajstić information content (AvgIpc) is 2.62. The molecule has 6 nitrogen and oxygen atoms in total. The fourth-order valence-corrected chi connectivity index (χ4v) is 2.72. The van der Waals surface area contributed by atoms with Crippen molar-refractivity contribution < 1.29 is 13.2 Å². The lowest BCUT2D eigenvalue weighted by Gasteiger charge is -2.12. The first-order valence-corrected chi connectivity index (χ1v) is 9.68. The zero-order chi connectivity index (χ0) is 18.6. The number of sulfonamides is 1. The highest BCUT2D eigenvalue weighted by Crippen LogP contribution is 2.26. The topological polar surface area (TPSA) is 81.2 Å². The molecule has 0 fully saturated rings. The number of anilines is 1. The van der Waals surface area contributed by atoms with E-state index < -0.39 is 15.3 Å². The number of hydrogen-bond acceptors (Lipinski definition) is 5. The van der Waals surface area contributed by atoms with Gasteiger partial charge in [0.25, 0.3) is 0 Å². The number of aromatic nitrogens is 2. The maximum atomic E-state index is 12.2. The molecule has 7 heteroatoms. The van der Waals surface area contributed by atoms with Gasteiger partial charge in [0.15, 0.2) is 0 Å². The van der Waals surface area contributed by atoms with Gasteiger partial charge in [0.1, 0.15) is 5.75 Å². The molecule has 0 amide bonds. The normalized spacial score (nSPS) is 11.3. The fourth-order valence-electron chi connectivity index (χ4n) is 2.13. The summed E-state index contributed by atoms with van der Waals surface area (Å²) in [7, 11) is -3.57. The van der Waals surface area contributed by atoms with E-state index in [0.717, 1.165) is 5.56 Å². The largest absolute Gasteiger partial charge is 0.439 e. The standard InChI is InChI=1S/C19H19N3O3S/c1-14(2)26(23,24)22-19-20-17(15-9-5-3-6-10-15)13-18(21-19)25-16-11-7-4-8-12-16/h3-14H,1-2H3,(H,20,21,22). The quantitative estimate of drug-likeness (QED) is 0.708. The van der Waals surface area contributed by atoms with Crippen LogP contribution in [0.15, 0.2) is 66.7 Å². The van der Waals surface area contributed by atoms with Crippen LogP contribution in [-0.4, -0.2) is 23.6 Å². The molecule has 0 aliphatic heterocycles. The van der Waals surface area contributed by atoms with Crippen LogP contribution in [0.25, 0.3) is 11.3 Å². The number of nitrogens with zero attached hydrogens (tertiary/aromatic N) is 2. The molecule has 0 unspecified atom stereocenters. The van der Waals surface area contributed by atoms with E-state index >= 15 is 0 Å². The first-order valence-electron chi connectivity index (χ1n) is 8.13. The van der Waals surface area contributed by atoms with Crippen LogP contribution in [-0.2, 0) is 10.0 Å². The number of benzene rings is 2. The molecule has 0 aliphatic carbocycles. The highest BCUT2D eigenvalue weighted by molar-refractivity contribution is 7.93. The third kappa shape index (κ3) is 4.37. The number of hydrogen-bond donors (Lipinski definition) is 1. The van der Waals surface area contributed by atoms with Gasteiger partial charge >= 0.3 is 0 Å². The van der Waals surface area contributed by atoms with Gasteiger partial charge in [-0.05, 0) is 26.0 Å². The van der Waals surface area contributed by atoms with Gasteiger partial charge in [0.05, 0.1) is 10.9 Å². The van der Waals surface area contributed by atoms with Crippen LogP contribution in [0.1, 0.15) is 13.8 Å². The Labute approximate surface area is 153 Å². The van der Waals surface area contributed by atoms with Gasteiger partial charge in [0.2, 0.25) is 21.9 Å². The van der Waals surface area contributed by atoms with Gasteiger partial charge in [-0.25, -0.2) is 13.4 Å². The van der Waals surface area contributed by atoms with E-state index in [1.807, 2.05) is 48.5 Å². The van der Waals surface area contributed by atoms with Gasteiger partial charge in [-0.3, -0.25) is 4.72 Å². The smallest absolute Gasteiger partial charge is 0.240 e. The van der Waals surface area contributed by atoms with Crippen molar-refractivity contribution in [1.82, 2.24) is 9.97 Å². The molecule has 0 atom stereocenters. The maximum Gasteiger partial charge on any atom is 0.240 e. The summed E-state index contributed by atoms with van der Waals surface area (Å²) >= 11 is 0. The van der Waals surface area contributed by atoms with Crippen LogP contribution in [0.4, 0.5) is 5.95 Å². The van der Waals surface area contributed by atoms with Crippen molar-refractivity contribution in [2.75, 3.05) is 4.72 Å². The second-order valence-electron chi connectivity index (χ2n) is 5.89. The van der Waals surface area contributed by atoms with Crippen molar-refractivity contribution in [1.29, 1.82) is 0 Å². The van der Waals surface area contributed by atoms with Crippen LogP contribution in [0.5, 0.6) is 11.6 Å². The molecule has 0 aliphatic rings. The highest BCUT2D eigenvalue weighted by Gasteiger charge is 2.18. The predicted molar refractivity (Wildman–Crippen MR) is 102 cm³/mol. The van der Waals surface area contributed by atoms with Crippen molar-refractivity contribution in [2.24, 2.45) is 0 Å². The van der Waals surface area contributed by atoms with Gasteiger partial charge in [0, 0.05) is 11.6 Å². The SMILES string of the molecule is CC(C)S(=O)(=O)Nc1nc(Oc2ccccc2)cc(-c2ccccc2)n1. The molecule has 0 spiro atoms. The summed E-state index contributed by atoms with van der Waals surface area (Å²) in [4.78, 5) is 8.53. The third-order valence-corrected chi connectivity index (χ3v) is 5.30. The lowest BCUT2D eigenvalue weighted by molar-refractivity contribution is 0.463. The van der Waals surface area contributed by atoms with Crippen LogP contribution in [0, 0.1) is 0 Å². The van der Waals surface area contributed by atoms with Gasteiger partial charge < -0.3 is 4.74 Å². The fraction of sp³-hybridized carbons (Fsp3) is 0.158. The zero-order valence-electron chi connectivity index (χ0n) is 14.5. The first kappa shape index (κ1) is 17.9. The van der Waals surface area contributed by atoms with E-state index in [2.05, 4.69) is 14.7 Å². The van der Waals surface area contributed by atoms with Crippen LogP contribution < -0.4 is 9.46 Å². The Morgan fingerprint density at radius 2 is 1.54 bits per heavy atom. The average molecular weight is 369 g/mol. The molecular formula is C19H19N3O3S. The Morgan fingerprint density at radius 1 is 0.923 bits per heavy atom. The minimum Gasteiger partial charge on any atom is -0.439 e. The van der Waals surface area contributed by atoms with Gasteiger partial charge in [-0.15, -0.1) is 0 Å². The van der Waals surface area contributed by atoms with Crippen molar-refractivity contribution in [3.05, 3.63) is 66.7 Å². The Kier molecular flexibility index (Phi) is 5.18. The zero-order valence-corrected chi connectivity index (χ0v) is 15.3. The molecule has 2 aromatic carbocycles. The summed E-state index contributed by atoms with van der Waals surface area (Å²) in [6.45, 7) is 3.18. The number of ether oxygens (including phenoxy) is 1. The molecule has 3 aromatic rings. The van der Waals surface area contributed by atoms with E-state index in [0.29, 0.717) is 11.4 Å². The molecule has 1 aromatic heterocycles. The van der Waals surface area contributed by atoms with E-state index in [-0.39, 0.29) is 11.8 Å². The Bertz CT molecular complexity index is 975. The van der Waals surface area contributed by atoms with E-state index in [4.69, 9.17) is 4.74 Å². The first-order chi connectivity index (χ1) is 12.4. The van der Waals surface area contributed by atoms with Crippen LogP contribution >= 0.6 is 0 Å². The minimum absolute atomic E-state index is 0.0222. The van der Waals surface area contributed by atoms with Crippen molar-refractivity contribution >= 4 is 16.0 Å². The molecular weight excluding hydrogens is 350 g/mol. The maximum absolute atomic E-state index is 12.2. The molecule has 0 saturated heterocycles. The Balaban J connectivity index is 2.02. The van der Waals surface area contributed by atoms with Gasteiger partial charge in [-0.1, -0.05) is 48.5 Å². The summed E-state index contributed by atoms with van der Waals surface area (Å²) < 4.78 is 32.6. The number of rotatable bonds is 6.